The number of nitrogens with zero attached hydrogens (tertiary/aromatic N) is 4. The zero-order valence-corrected chi connectivity index (χ0v) is 18.8. The van der Waals surface area contributed by atoms with Gasteiger partial charge in [0.15, 0.2) is 5.78 Å². The lowest BCUT2D eigenvalue weighted by atomic mass is 9.97. The third-order valence-corrected chi connectivity index (χ3v) is 5.72. The van der Waals surface area contributed by atoms with E-state index in [1.54, 1.807) is 0 Å². The van der Waals surface area contributed by atoms with Gasteiger partial charge in [-0.2, -0.15) is 0 Å². The fourth-order valence-corrected chi connectivity index (χ4v) is 3.87. The molecule has 1 aliphatic rings. The van der Waals surface area contributed by atoms with Gasteiger partial charge in [0.1, 0.15) is 29.4 Å². The second kappa shape index (κ2) is 10.4. The molecule has 9 heteroatoms. The van der Waals surface area contributed by atoms with Gasteiger partial charge in [-0.05, 0) is 39.1 Å². The number of rotatable bonds is 9. The number of hydrogen-bond donors (Lipinski definition) is 0. The molecular weight excluding hydrogens is 430 g/mol. The van der Waals surface area contributed by atoms with Crippen LogP contribution in [0.15, 0.2) is 36.7 Å². The van der Waals surface area contributed by atoms with E-state index in [2.05, 4.69) is 4.98 Å². The number of likely N-dealkylation sites (N-methyl/N-ethyl adjacent to an activating group) is 1. The number of imidazole rings is 1. The van der Waals surface area contributed by atoms with Crippen molar-refractivity contribution in [1.82, 2.24) is 19.3 Å². The van der Waals surface area contributed by atoms with Crippen molar-refractivity contribution in [1.29, 1.82) is 0 Å². The van der Waals surface area contributed by atoms with E-state index >= 15 is 0 Å². The molecule has 0 N–H and O–H groups in total. The second-order valence-corrected chi connectivity index (χ2v) is 8.48. The highest BCUT2D eigenvalue weighted by atomic mass is 19.3. The van der Waals surface area contributed by atoms with Crippen LogP contribution in [0.1, 0.15) is 52.6 Å². The number of alkyl halides is 2. The summed E-state index contributed by atoms with van der Waals surface area (Å²) in [4.78, 5) is 23.5. The van der Waals surface area contributed by atoms with Crippen molar-refractivity contribution < 1.29 is 23.0 Å². The summed E-state index contributed by atoms with van der Waals surface area (Å²) in [5.41, 5.74) is 2.00. The largest absolute Gasteiger partial charge is 0.492 e. The van der Waals surface area contributed by atoms with E-state index in [1.165, 1.54) is 18.2 Å². The molecule has 0 saturated carbocycles. The van der Waals surface area contributed by atoms with Crippen LogP contribution in [0.3, 0.4) is 0 Å². The molecule has 1 saturated heterocycles. The van der Waals surface area contributed by atoms with Crippen LogP contribution < -0.4 is 4.74 Å². The van der Waals surface area contributed by atoms with Crippen LogP contribution in [-0.4, -0.2) is 65.5 Å². The number of fused-ring (bicyclic) bond motifs is 1. The maximum Gasteiger partial charge on any atom is 0.280 e. The van der Waals surface area contributed by atoms with Crippen LogP contribution in [0.2, 0.25) is 0 Å². The van der Waals surface area contributed by atoms with E-state index < -0.39 is 12.1 Å². The highest BCUT2D eigenvalue weighted by Crippen LogP contribution is 2.29. The van der Waals surface area contributed by atoms with Gasteiger partial charge in [-0.15, -0.1) is 0 Å². The molecule has 4 heterocycles. The molecule has 0 radical (unpaired) electrons. The molecule has 3 aromatic heterocycles. The first-order valence-corrected chi connectivity index (χ1v) is 11.1. The minimum Gasteiger partial charge on any atom is -0.492 e. The van der Waals surface area contributed by atoms with Gasteiger partial charge >= 0.3 is 0 Å². The Kier molecular flexibility index (Phi) is 7.29. The Morgan fingerprint density at radius 1 is 1.24 bits per heavy atom. The zero-order valence-electron chi connectivity index (χ0n) is 18.8. The highest BCUT2D eigenvalue weighted by molar-refractivity contribution is 5.96. The maximum atomic E-state index is 13.0. The number of aromatic nitrogens is 3. The third-order valence-electron chi connectivity index (χ3n) is 5.72. The summed E-state index contributed by atoms with van der Waals surface area (Å²) in [5, 5.41) is 0. The van der Waals surface area contributed by atoms with E-state index in [0.29, 0.717) is 30.4 Å². The normalized spacial score (nSPS) is 15.0. The fraction of sp³-hybridized carbons (Fsp3) is 0.458. The Labute approximate surface area is 191 Å². The second-order valence-electron chi connectivity index (χ2n) is 8.48. The van der Waals surface area contributed by atoms with Gasteiger partial charge in [0.05, 0.1) is 5.69 Å². The minimum atomic E-state index is -2.73. The Bertz CT molecular complexity index is 1110. The van der Waals surface area contributed by atoms with Gasteiger partial charge in [-0.3, -0.25) is 4.79 Å². The Morgan fingerprint density at radius 2 is 2.03 bits per heavy atom. The molecule has 0 atom stereocenters. The summed E-state index contributed by atoms with van der Waals surface area (Å²) in [5.74, 6) is 0.550. The molecule has 0 spiro atoms. The van der Waals surface area contributed by atoms with Crippen molar-refractivity contribution in [3.8, 4) is 5.75 Å². The molecule has 3 aromatic rings. The Morgan fingerprint density at radius 3 is 2.76 bits per heavy atom. The van der Waals surface area contributed by atoms with E-state index in [0.717, 1.165) is 37.4 Å². The van der Waals surface area contributed by atoms with E-state index in [4.69, 9.17) is 14.5 Å². The molecule has 1 aliphatic heterocycles. The number of carbonyl (C=O) groups is 1. The third kappa shape index (κ3) is 5.72. The molecular formula is C24H28F2N4O3. The van der Waals surface area contributed by atoms with E-state index in [9.17, 15) is 13.6 Å². The number of ketones is 1. The number of pyridine rings is 2. The van der Waals surface area contributed by atoms with Gasteiger partial charge in [-0.25, -0.2) is 18.7 Å². The smallest absolute Gasteiger partial charge is 0.280 e. The molecule has 0 aliphatic carbocycles. The monoisotopic (exact) mass is 458 g/mol. The average molecular weight is 459 g/mol. The van der Waals surface area contributed by atoms with Gasteiger partial charge in [0.2, 0.25) is 0 Å². The first-order valence-electron chi connectivity index (χ1n) is 11.1. The summed E-state index contributed by atoms with van der Waals surface area (Å²) >= 11 is 0. The van der Waals surface area contributed by atoms with E-state index in [1.807, 2.05) is 41.9 Å². The molecule has 7 nitrogen and oxygen atoms in total. The molecule has 1 fully saturated rings. The summed E-state index contributed by atoms with van der Waals surface area (Å²) in [6, 6.07) is 5.94. The quantitative estimate of drug-likeness (QED) is 0.453. The molecule has 0 amide bonds. The first-order chi connectivity index (χ1) is 15.9. The van der Waals surface area contributed by atoms with Crippen molar-refractivity contribution in [2.45, 2.75) is 31.6 Å². The first kappa shape index (κ1) is 23.3. The van der Waals surface area contributed by atoms with Crippen molar-refractivity contribution in [2.24, 2.45) is 0 Å². The fourth-order valence-electron chi connectivity index (χ4n) is 3.87. The van der Waals surface area contributed by atoms with Crippen LogP contribution in [-0.2, 0) is 11.2 Å². The Balaban J connectivity index is 1.63. The van der Waals surface area contributed by atoms with Crippen LogP contribution in [0.25, 0.3) is 5.65 Å². The van der Waals surface area contributed by atoms with Gasteiger partial charge < -0.3 is 18.8 Å². The topological polar surface area (TPSA) is 69.0 Å². The lowest BCUT2D eigenvalue weighted by molar-refractivity contribution is 0.0846. The number of ether oxygens (including phenoxy) is 2. The van der Waals surface area contributed by atoms with Crippen molar-refractivity contribution in [3.63, 3.8) is 0 Å². The molecule has 0 unspecified atom stereocenters. The number of halogens is 2. The van der Waals surface area contributed by atoms with Crippen LogP contribution in [0.4, 0.5) is 8.78 Å². The number of hydrogen-bond acceptors (Lipinski definition) is 6. The molecule has 0 aromatic carbocycles. The van der Waals surface area contributed by atoms with Crippen LogP contribution >= 0.6 is 0 Å². The number of carbonyl (C=O) groups excluding carboxylic acids is 1. The summed E-state index contributed by atoms with van der Waals surface area (Å²) in [6.45, 7) is 2.60. The van der Waals surface area contributed by atoms with Crippen LogP contribution in [0.5, 0.6) is 5.75 Å². The Hall–Kier alpha value is -2.91. The van der Waals surface area contributed by atoms with Crippen molar-refractivity contribution >= 4 is 11.4 Å². The lowest BCUT2D eigenvalue weighted by Gasteiger charge is -2.19. The average Bonchev–Trinajstić information content (AvgIpc) is 3.22. The zero-order chi connectivity index (χ0) is 23.4. The molecule has 33 heavy (non-hydrogen) atoms. The predicted molar refractivity (Wildman–Crippen MR) is 119 cm³/mol. The van der Waals surface area contributed by atoms with E-state index in [-0.39, 0.29) is 17.9 Å². The molecule has 176 valence electrons. The SMILES string of the molecule is CN(C)CCOc1cc2nc(C3CCOCC3)cn2cc1CC(=O)c1cccc(C(F)F)n1. The minimum absolute atomic E-state index is 0.0145. The van der Waals surface area contributed by atoms with Gasteiger partial charge in [-0.1, -0.05) is 6.07 Å². The maximum absolute atomic E-state index is 13.0. The highest BCUT2D eigenvalue weighted by Gasteiger charge is 2.21. The van der Waals surface area contributed by atoms with Crippen molar-refractivity contribution in [3.05, 3.63) is 59.3 Å². The molecule has 4 rings (SSSR count). The lowest BCUT2D eigenvalue weighted by Crippen LogP contribution is -2.20. The predicted octanol–water partition coefficient (Wildman–Crippen LogP) is 3.93. The summed E-state index contributed by atoms with van der Waals surface area (Å²) in [7, 11) is 3.90. The standard InChI is InChI=1S/C24H28F2N4O3/c1-29(2)8-11-33-22-13-23-28-20(16-6-9-32-10-7-16)15-30(23)14-17(22)12-21(31)18-4-3-5-19(27-18)24(25)26/h3-5,13-16,24H,6-12H2,1-2H3. The van der Waals surface area contributed by atoms with Gasteiger partial charge in [0.25, 0.3) is 6.43 Å². The van der Waals surface area contributed by atoms with Gasteiger partial charge in [0, 0.05) is 56.1 Å². The number of Topliss-reactive ketones (excluding diaryl/α,β-unsaturated/α-hetero) is 1. The summed E-state index contributed by atoms with van der Waals surface area (Å²) < 4.78 is 39.4. The summed E-state index contributed by atoms with van der Waals surface area (Å²) in [6.07, 6.45) is 2.93. The molecule has 0 bridgehead atoms. The van der Waals surface area contributed by atoms with Crippen LogP contribution in [0, 0.1) is 0 Å². The van der Waals surface area contributed by atoms with Crippen molar-refractivity contribution in [2.75, 3.05) is 40.5 Å².